The lowest BCUT2D eigenvalue weighted by Gasteiger charge is -2.28. The summed E-state index contributed by atoms with van der Waals surface area (Å²) in [5.41, 5.74) is 9.65. The number of benzene rings is 2. The van der Waals surface area contributed by atoms with Crippen molar-refractivity contribution in [3.63, 3.8) is 0 Å². The number of nitrogens with one attached hydrogen (secondary N) is 2. The number of urea groups is 2. The van der Waals surface area contributed by atoms with Crippen molar-refractivity contribution >= 4 is 29.8 Å². The van der Waals surface area contributed by atoms with E-state index in [2.05, 4.69) is 17.6 Å². The summed E-state index contributed by atoms with van der Waals surface area (Å²) < 4.78 is 0. The van der Waals surface area contributed by atoms with E-state index in [1.807, 2.05) is 55.5 Å². The second-order valence-corrected chi connectivity index (χ2v) is 10.3. The molecule has 0 radical (unpaired) electrons. The number of nitrogens with zero attached hydrogens (tertiary/aromatic N) is 2. The number of carbonyl (C=O) groups is 5. The Hall–Kier alpha value is -4.21. The predicted octanol–water partition coefficient (Wildman–Crippen LogP) is 2.62. The van der Waals surface area contributed by atoms with Crippen molar-refractivity contribution in [1.29, 1.82) is 0 Å². The van der Waals surface area contributed by atoms with E-state index in [9.17, 15) is 24.0 Å². The maximum atomic E-state index is 11.5. The number of nitrogens with two attached hydrogens (primary N) is 1. The Morgan fingerprint density at radius 3 is 1.62 bits per heavy atom. The van der Waals surface area contributed by atoms with Crippen LogP contribution >= 0.6 is 0 Å². The van der Waals surface area contributed by atoms with Crippen molar-refractivity contribution in [2.45, 2.75) is 71.1 Å². The number of carbonyl (C=O) groups excluding carboxylic acids is 5. The smallest absolute Gasteiger partial charge is 0.325 e. The van der Waals surface area contributed by atoms with Crippen molar-refractivity contribution in [2.24, 2.45) is 11.7 Å². The summed E-state index contributed by atoms with van der Waals surface area (Å²) in [6.45, 7) is 5.06. The zero-order valence-corrected chi connectivity index (χ0v) is 22.3. The van der Waals surface area contributed by atoms with Gasteiger partial charge in [0.2, 0.25) is 5.91 Å². The first kappa shape index (κ1) is 27.8. The first-order valence-electron chi connectivity index (χ1n) is 13.3. The van der Waals surface area contributed by atoms with E-state index in [4.69, 9.17) is 5.73 Å². The van der Waals surface area contributed by atoms with Gasteiger partial charge in [-0.2, -0.15) is 0 Å². The molecule has 2 fully saturated rings. The highest BCUT2D eigenvalue weighted by Crippen LogP contribution is 2.27. The minimum absolute atomic E-state index is 0.0601. The molecule has 4 aliphatic rings. The third kappa shape index (κ3) is 6.27. The number of amides is 7. The first-order chi connectivity index (χ1) is 18.7. The van der Waals surface area contributed by atoms with Gasteiger partial charge in [-0.05, 0) is 28.7 Å². The zero-order valence-electron chi connectivity index (χ0n) is 22.3. The first-order valence-corrected chi connectivity index (χ1v) is 13.3. The van der Waals surface area contributed by atoms with Gasteiger partial charge in [-0.1, -0.05) is 75.2 Å². The van der Waals surface area contributed by atoms with Crippen molar-refractivity contribution in [3.8, 4) is 0 Å². The largest absolute Gasteiger partial charge is 0.369 e. The lowest BCUT2D eigenvalue weighted by atomic mass is 9.95. The van der Waals surface area contributed by atoms with Crippen LogP contribution in [0.25, 0.3) is 0 Å². The SMILES string of the molecule is CCCCC(C)C(N)=O.O=C1NC(=O)N2Cc3ccccc3CC12.O=C1NC(=O)N2Cc3ccccc3CC12. The van der Waals surface area contributed by atoms with Gasteiger partial charge in [-0.25, -0.2) is 9.59 Å². The fraction of sp³-hybridized carbons (Fsp3) is 0.414. The van der Waals surface area contributed by atoms with Crippen LogP contribution in [0.4, 0.5) is 9.59 Å². The Labute approximate surface area is 227 Å². The molecule has 4 N–H and O–H groups in total. The highest BCUT2D eigenvalue weighted by Gasteiger charge is 2.42. The molecule has 6 rings (SSSR count). The molecule has 0 spiro atoms. The van der Waals surface area contributed by atoms with Gasteiger partial charge in [0.25, 0.3) is 11.8 Å². The fourth-order valence-corrected chi connectivity index (χ4v) is 5.11. The summed E-state index contributed by atoms with van der Waals surface area (Å²) in [6, 6.07) is 14.7. The van der Waals surface area contributed by atoms with E-state index >= 15 is 0 Å². The highest BCUT2D eigenvalue weighted by molar-refractivity contribution is 6.05. The van der Waals surface area contributed by atoms with E-state index in [0.717, 1.165) is 30.4 Å². The number of fused-ring (bicyclic) bond motifs is 4. The topological polar surface area (TPSA) is 142 Å². The molecule has 10 heteroatoms. The monoisotopic (exact) mass is 533 g/mol. The van der Waals surface area contributed by atoms with Gasteiger partial charge in [0, 0.05) is 31.8 Å². The van der Waals surface area contributed by atoms with Crippen molar-refractivity contribution in [3.05, 3.63) is 70.8 Å². The van der Waals surface area contributed by atoms with Gasteiger partial charge >= 0.3 is 12.1 Å². The van der Waals surface area contributed by atoms with Crippen LogP contribution in [0.15, 0.2) is 48.5 Å². The standard InChI is InChI=1S/2C11H10N2O2.C7H15NO/c2*14-10-9-5-7-3-1-2-4-8(7)6-13(9)11(15)12-10;1-3-4-5-6(2)7(8)9/h2*1-4,9H,5-6H2,(H,12,14,15);6H,3-5H2,1-2H3,(H2,8,9). The number of imide groups is 2. The molecule has 0 aliphatic carbocycles. The molecule has 3 unspecified atom stereocenters. The zero-order chi connectivity index (χ0) is 28.1. The molecule has 2 aromatic rings. The predicted molar refractivity (Wildman–Crippen MR) is 144 cm³/mol. The minimum atomic E-state index is -0.299. The van der Waals surface area contributed by atoms with Gasteiger partial charge in [-0.3, -0.25) is 25.0 Å². The fourth-order valence-electron chi connectivity index (χ4n) is 5.11. The Bertz CT molecular complexity index is 1110. The number of primary amides is 1. The van der Waals surface area contributed by atoms with Crippen LogP contribution < -0.4 is 16.4 Å². The molecule has 4 heterocycles. The molecular formula is C29H35N5O5. The van der Waals surface area contributed by atoms with Gasteiger partial charge in [0.05, 0.1) is 0 Å². The van der Waals surface area contributed by atoms with Crippen LogP contribution in [0, 0.1) is 5.92 Å². The van der Waals surface area contributed by atoms with E-state index in [0.29, 0.717) is 25.9 Å². The van der Waals surface area contributed by atoms with Gasteiger partial charge < -0.3 is 15.5 Å². The molecule has 0 aromatic heterocycles. The summed E-state index contributed by atoms with van der Waals surface area (Å²) in [4.78, 5) is 59.4. The highest BCUT2D eigenvalue weighted by atomic mass is 16.2. The van der Waals surface area contributed by atoms with Crippen LogP contribution in [0.2, 0.25) is 0 Å². The average molecular weight is 534 g/mol. The molecule has 206 valence electrons. The van der Waals surface area contributed by atoms with Crippen molar-refractivity contribution in [1.82, 2.24) is 20.4 Å². The Morgan fingerprint density at radius 1 is 0.821 bits per heavy atom. The van der Waals surface area contributed by atoms with Gasteiger partial charge in [-0.15, -0.1) is 0 Å². The lowest BCUT2D eigenvalue weighted by molar-refractivity contribution is -0.122. The third-order valence-electron chi connectivity index (χ3n) is 7.56. The van der Waals surface area contributed by atoms with E-state index in [1.54, 1.807) is 9.80 Å². The third-order valence-corrected chi connectivity index (χ3v) is 7.56. The number of hydrogen-bond acceptors (Lipinski definition) is 5. The minimum Gasteiger partial charge on any atom is -0.369 e. The summed E-state index contributed by atoms with van der Waals surface area (Å²) in [5.74, 6) is -0.461. The molecule has 7 amide bonds. The number of rotatable bonds is 4. The van der Waals surface area contributed by atoms with Crippen molar-refractivity contribution < 1.29 is 24.0 Å². The molecule has 2 aromatic carbocycles. The molecule has 2 saturated heterocycles. The average Bonchev–Trinajstić information content (AvgIpc) is 3.37. The summed E-state index contributed by atoms with van der Waals surface area (Å²) in [7, 11) is 0. The molecule has 0 saturated carbocycles. The second-order valence-electron chi connectivity index (χ2n) is 10.3. The Kier molecular flexibility index (Phi) is 8.63. The normalized spacial score (nSPS) is 21.1. The summed E-state index contributed by atoms with van der Waals surface area (Å²) in [6.07, 6.45) is 4.44. The number of hydrogen-bond donors (Lipinski definition) is 3. The lowest BCUT2D eigenvalue weighted by Crippen LogP contribution is -2.39. The van der Waals surface area contributed by atoms with Crippen LogP contribution in [-0.4, -0.2) is 51.7 Å². The summed E-state index contributed by atoms with van der Waals surface area (Å²) >= 11 is 0. The quantitative estimate of drug-likeness (QED) is 0.518. The van der Waals surface area contributed by atoms with E-state index in [1.165, 1.54) is 11.1 Å². The van der Waals surface area contributed by atoms with Gasteiger partial charge in [0.15, 0.2) is 0 Å². The maximum absolute atomic E-state index is 11.5. The molecular weight excluding hydrogens is 498 g/mol. The van der Waals surface area contributed by atoms with Crippen molar-refractivity contribution in [2.75, 3.05) is 0 Å². The molecule has 39 heavy (non-hydrogen) atoms. The van der Waals surface area contributed by atoms with Crippen LogP contribution in [0.1, 0.15) is 55.4 Å². The second kappa shape index (κ2) is 12.1. The van der Waals surface area contributed by atoms with Gasteiger partial charge in [0.1, 0.15) is 12.1 Å². The van der Waals surface area contributed by atoms with E-state index in [-0.39, 0.29) is 47.8 Å². The van der Waals surface area contributed by atoms with Crippen LogP contribution in [0.3, 0.4) is 0 Å². The Morgan fingerprint density at radius 2 is 1.23 bits per heavy atom. The molecule has 0 bridgehead atoms. The van der Waals surface area contributed by atoms with E-state index < -0.39 is 0 Å². The molecule has 4 aliphatic heterocycles. The maximum Gasteiger partial charge on any atom is 0.325 e. The molecule has 3 atom stereocenters. The Balaban J connectivity index is 0.000000141. The molecule has 10 nitrogen and oxygen atoms in total. The number of unbranched alkanes of at least 4 members (excludes halogenated alkanes) is 1. The van der Waals surface area contributed by atoms with Crippen LogP contribution in [0.5, 0.6) is 0 Å². The summed E-state index contributed by atoms with van der Waals surface area (Å²) in [5, 5.41) is 4.68. The van der Waals surface area contributed by atoms with Crippen LogP contribution in [-0.2, 0) is 40.3 Å².